The van der Waals surface area contributed by atoms with E-state index in [0.29, 0.717) is 27.9 Å². The van der Waals surface area contributed by atoms with Crippen LogP contribution in [-0.2, 0) is 9.84 Å². The number of thioether (sulfide) groups is 1. The number of carbonyl (C=O) groups excluding carboxylic acids is 1. The molecule has 8 nitrogen and oxygen atoms in total. The fourth-order valence-corrected chi connectivity index (χ4v) is 6.51. The Hall–Kier alpha value is -2.17. The Morgan fingerprint density at radius 2 is 2.10 bits per heavy atom. The number of aryl methyl sites for hydroxylation is 1. The van der Waals surface area contributed by atoms with Crippen molar-refractivity contribution in [1.29, 1.82) is 0 Å². The monoisotopic (exact) mass is 465 g/mol. The molecule has 1 fully saturated rings. The number of Topliss-reactive ketones (excluding diaryl/α,β-unsaturated/α-hetero) is 1. The fraction of sp³-hybridized carbons (Fsp3) is 0.368. The van der Waals surface area contributed by atoms with Crippen LogP contribution in [0.15, 0.2) is 35.5 Å². The molecule has 0 N–H and O–H groups in total. The molecular formula is C19H20ClN5O3S2. The van der Waals surface area contributed by atoms with E-state index in [4.69, 9.17) is 11.6 Å². The van der Waals surface area contributed by atoms with Crippen LogP contribution in [0, 0.1) is 13.8 Å². The van der Waals surface area contributed by atoms with Crippen molar-refractivity contribution in [1.82, 2.24) is 24.8 Å². The van der Waals surface area contributed by atoms with E-state index in [-0.39, 0.29) is 29.1 Å². The summed E-state index contributed by atoms with van der Waals surface area (Å²) in [4.78, 5) is 12.9. The first-order chi connectivity index (χ1) is 14.2. The van der Waals surface area contributed by atoms with Gasteiger partial charge in [-0.05, 0) is 55.0 Å². The Labute approximate surface area is 183 Å². The third-order valence-electron chi connectivity index (χ3n) is 5.18. The topological polar surface area (TPSA) is 99.7 Å². The van der Waals surface area contributed by atoms with E-state index in [9.17, 15) is 13.2 Å². The van der Waals surface area contributed by atoms with Crippen LogP contribution in [0.5, 0.6) is 0 Å². The van der Waals surface area contributed by atoms with Gasteiger partial charge in [0.05, 0.1) is 22.9 Å². The number of tetrazole rings is 1. The zero-order chi connectivity index (χ0) is 21.5. The molecule has 1 aromatic carbocycles. The highest BCUT2D eigenvalue weighted by atomic mass is 35.5. The molecule has 0 bridgehead atoms. The minimum Gasteiger partial charge on any atom is -0.344 e. The Kier molecular flexibility index (Phi) is 5.73. The van der Waals surface area contributed by atoms with E-state index in [1.165, 1.54) is 16.4 Å². The summed E-state index contributed by atoms with van der Waals surface area (Å²) in [5.41, 5.74) is 3.01. The summed E-state index contributed by atoms with van der Waals surface area (Å²) in [5, 5.41) is 12.8. The Balaban J connectivity index is 1.51. The fourth-order valence-electron chi connectivity index (χ4n) is 3.85. The van der Waals surface area contributed by atoms with Gasteiger partial charge in [0.2, 0.25) is 5.16 Å². The van der Waals surface area contributed by atoms with Gasteiger partial charge in [0.1, 0.15) is 0 Å². The predicted octanol–water partition coefficient (Wildman–Crippen LogP) is 3.07. The molecule has 0 saturated carbocycles. The molecule has 1 aliphatic heterocycles. The van der Waals surface area contributed by atoms with Crippen molar-refractivity contribution in [2.24, 2.45) is 0 Å². The zero-order valence-electron chi connectivity index (χ0n) is 16.4. The molecule has 3 aromatic rings. The summed E-state index contributed by atoms with van der Waals surface area (Å²) in [7, 11) is -3.01. The molecule has 11 heteroatoms. The van der Waals surface area contributed by atoms with Gasteiger partial charge in [-0.2, -0.15) is 4.68 Å². The van der Waals surface area contributed by atoms with Gasteiger partial charge < -0.3 is 4.57 Å². The third kappa shape index (κ3) is 4.17. The highest BCUT2D eigenvalue weighted by Gasteiger charge is 2.31. The molecule has 0 spiro atoms. The van der Waals surface area contributed by atoms with Crippen molar-refractivity contribution in [3.63, 3.8) is 0 Å². The second kappa shape index (κ2) is 8.16. The van der Waals surface area contributed by atoms with Crippen molar-refractivity contribution in [2.45, 2.75) is 31.5 Å². The molecule has 1 saturated heterocycles. The number of ketones is 1. The van der Waals surface area contributed by atoms with E-state index in [2.05, 4.69) is 15.5 Å². The first kappa shape index (κ1) is 21.1. The van der Waals surface area contributed by atoms with E-state index in [0.717, 1.165) is 11.4 Å². The van der Waals surface area contributed by atoms with Crippen molar-refractivity contribution in [3.8, 4) is 5.69 Å². The molecule has 0 aliphatic carbocycles. The molecule has 1 atom stereocenters. The Morgan fingerprint density at radius 3 is 2.80 bits per heavy atom. The summed E-state index contributed by atoms with van der Waals surface area (Å²) in [6.45, 7) is 3.77. The molecule has 1 aliphatic rings. The lowest BCUT2D eigenvalue weighted by atomic mass is 10.2. The second-order valence-corrected chi connectivity index (χ2v) is 10.9. The first-order valence-electron chi connectivity index (χ1n) is 9.34. The van der Waals surface area contributed by atoms with Crippen molar-refractivity contribution >= 4 is 39.0 Å². The molecule has 0 radical (unpaired) electrons. The maximum Gasteiger partial charge on any atom is 0.214 e. The highest BCUT2D eigenvalue weighted by Crippen LogP contribution is 2.30. The van der Waals surface area contributed by atoms with Crippen LogP contribution >= 0.6 is 23.4 Å². The number of rotatable bonds is 6. The van der Waals surface area contributed by atoms with Gasteiger partial charge in [0.25, 0.3) is 0 Å². The van der Waals surface area contributed by atoms with E-state index >= 15 is 0 Å². The van der Waals surface area contributed by atoms with Gasteiger partial charge in [-0.15, -0.1) is 5.10 Å². The number of hydrogen-bond acceptors (Lipinski definition) is 7. The van der Waals surface area contributed by atoms with Gasteiger partial charge >= 0.3 is 0 Å². The molecule has 158 valence electrons. The Morgan fingerprint density at radius 1 is 1.30 bits per heavy atom. The maximum absolute atomic E-state index is 12.9. The lowest BCUT2D eigenvalue weighted by molar-refractivity contribution is 0.102. The summed E-state index contributed by atoms with van der Waals surface area (Å²) in [6, 6.07) is 8.86. The predicted molar refractivity (Wildman–Crippen MR) is 115 cm³/mol. The molecule has 0 amide bonds. The maximum atomic E-state index is 12.9. The summed E-state index contributed by atoms with van der Waals surface area (Å²) in [5.74, 6) is 0.426. The SMILES string of the molecule is Cc1cc(C(=O)CSc2nnnn2-c2cccc(Cl)c2)c(C)n1[C@@H]1CCS(=O)(=O)C1. The smallest absolute Gasteiger partial charge is 0.214 e. The quantitative estimate of drug-likeness (QED) is 0.407. The molecule has 2 aromatic heterocycles. The largest absolute Gasteiger partial charge is 0.344 e. The number of hydrogen-bond donors (Lipinski definition) is 0. The molecule has 3 heterocycles. The van der Waals surface area contributed by atoms with Crippen LogP contribution in [0.3, 0.4) is 0 Å². The van der Waals surface area contributed by atoms with Crippen molar-refractivity contribution < 1.29 is 13.2 Å². The third-order valence-corrected chi connectivity index (χ3v) is 8.09. The number of nitrogens with zero attached hydrogens (tertiary/aromatic N) is 5. The van der Waals surface area contributed by atoms with Crippen molar-refractivity contribution in [3.05, 3.63) is 52.3 Å². The molecule has 4 rings (SSSR count). The van der Waals surface area contributed by atoms with Crippen LogP contribution in [0.2, 0.25) is 5.02 Å². The highest BCUT2D eigenvalue weighted by molar-refractivity contribution is 7.99. The van der Waals surface area contributed by atoms with Crippen molar-refractivity contribution in [2.75, 3.05) is 17.3 Å². The van der Waals surface area contributed by atoms with Crippen LogP contribution in [0.1, 0.15) is 34.2 Å². The van der Waals surface area contributed by atoms with Gasteiger partial charge in [-0.1, -0.05) is 29.4 Å². The lowest BCUT2D eigenvalue weighted by Crippen LogP contribution is -2.14. The van der Waals surface area contributed by atoms with Gasteiger partial charge in [0.15, 0.2) is 15.6 Å². The number of benzene rings is 1. The van der Waals surface area contributed by atoms with E-state index in [1.807, 2.05) is 30.5 Å². The lowest BCUT2D eigenvalue weighted by Gasteiger charge is -2.16. The van der Waals surface area contributed by atoms with Crippen LogP contribution in [0.25, 0.3) is 5.69 Å². The minimum atomic E-state index is -3.01. The summed E-state index contributed by atoms with van der Waals surface area (Å²) in [6.07, 6.45) is 0.579. The van der Waals surface area contributed by atoms with Crippen LogP contribution in [-0.4, -0.2) is 56.2 Å². The van der Waals surface area contributed by atoms with Gasteiger partial charge in [0, 0.05) is 28.0 Å². The molecule has 30 heavy (non-hydrogen) atoms. The minimum absolute atomic E-state index is 0.0548. The summed E-state index contributed by atoms with van der Waals surface area (Å²) >= 11 is 7.29. The average Bonchev–Trinajstić information content (AvgIpc) is 3.37. The average molecular weight is 466 g/mol. The van der Waals surface area contributed by atoms with Gasteiger partial charge in [-0.25, -0.2) is 8.42 Å². The second-order valence-electron chi connectivity index (χ2n) is 7.28. The molecular weight excluding hydrogens is 446 g/mol. The standard InChI is InChI=1S/C19H20ClN5O3S2/c1-12-8-17(13(2)24(12)16-6-7-30(27,28)11-16)18(26)10-29-19-21-22-23-25(19)15-5-3-4-14(20)9-15/h3-5,8-9,16H,6-7,10-11H2,1-2H3/t16-/m1/s1. The van der Waals surface area contributed by atoms with Crippen LogP contribution in [0.4, 0.5) is 0 Å². The van der Waals surface area contributed by atoms with Gasteiger partial charge in [-0.3, -0.25) is 4.79 Å². The van der Waals surface area contributed by atoms with E-state index in [1.54, 1.807) is 18.2 Å². The normalized spacial score (nSPS) is 18.0. The number of sulfone groups is 1. The number of halogens is 1. The number of carbonyl (C=O) groups is 1. The van der Waals surface area contributed by atoms with Crippen LogP contribution < -0.4 is 0 Å². The van der Waals surface area contributed by atoms with E-state index < -0.39 is 9.84 Å². The Bertz CT molecular complexity index is 1220. The first-order valence-corrected chi connectivity index (χ1v) is 12.5. The zero-order valence-corrected chi connectivity index (χ0v) is 18.8. The number of aromatic nitrogens is 5. The summed E-state index contributed by atoms with van der Waals surface area (Å²) < 4.78 is 27.3. The molecule has 0 unspecified atom stereocenters.